The second-order valence-corrected chi connectivity index (χ2v) is 8.59. The van der Waals surface area contributed by atoms with Crippen LogP contribution in [0.3, 0.4) is 0 Å². The summed E-state index contributed by atoms with van der Waals surface area (Å²) in [5.41, 5.74) is 3.57. The lowest BCUT2D eigenvalue weighted by Crippen LogP contribution is -2.32. The van der Waals surface area contributed by atoms with Crippen molar-refractivity contribution in [3.63, 3.8) is 0 Å². The number of fused-ring (bicyclic) bond motifs is 1. The third-order valence-electron chi connectivity index (χ3n) is 5.53. The van der Waals surface area contributed by atoms with E-state index in [1.165, 1.54) is 22.9 Å². The molecular formula is C22H23N5OS. The summed E-state index contributed by atoms with van der Waals surface area (Å²) in [7, 11) is 0. The highest BCUT2D eigenvalue weighted by atomic mass is 32.2. The Morgan fingerprint density at radius 1 is 1.14 bits per heavy atom. The highest BCUT2D eigenvalue weighted by molar-refractivity contribution is 7.99. The van der Waals surface area contributed by atoms with Crippen LogP contribution in [0.25, 0.3) is 11.4 Å². The summed E-state index contributed by atoms with van der Waals surface area (Å²) >= 11 is 1.47. The lowest BCUT2D eigenvalue weighted by molar-refractivity contribution is -0.119. The molecule has 29 heavy (non-hydrogen) atoms. The van der Waals surface area contributed by atoms with Crippen LogP contribution in [0.4, 0.5) is 0 Å². The Morgan fingerprint density at radius 3 is 2.86 bits per heavy atom. The van der Waals surface area contributed by atoms with Gasteiger partial charge in [0.05, 0.1) is 11.8 Å². The van der Waals surface area contributed by atoms with Crippen LogP contribution in [-0.4, -0.2) is 31.4 Å². The van der Waals surface area contributed by atoms with Gasteiger partial charge in [-0.2, -0.15) is 0 Å². The van der Waals surface area contributed by atoms with Crippen LogP contribution in [0.1, 0.15) is 48.9 Å². The number of rotatable bonds is 6. The zero-order valence-electron chi connectivity index (χ0n) is 16.1. The van der Waals surface area contributed by atoms with Gasteiger partial charge < -0.3 is 5.32 Å². The minimum atomic E-state index is 0.0463. The topological polar surface area (TPSA) is 72.7 Å². The van der Waals surface area contributed by atoms with Crippen LogP contribution < -0.4 is 5.32 Å². The smallest absolute Gasteiger partial charge is 0.230 e. The normalized spacial score (nSPS) is 18.3. The third-order valence-corrected chi connectivity index (χ3v) is 6.48. The Kier molecular flexibility index (Phi) is 5.06. The minimum Gasteiger partial charge on any atom is -0.349 e. The molecule has 0 aliphatic heterocycles. The molecule has 2 aromatic heterocycles. The minimum absolute atomic E-state index is 0.0463. The summed E-state index contributed by atoms with van der Waals surface area (Å²) < 4.78 is 2.17. The third kappa shape index (κ3) is 3.92. The average molecular weight is 406 g/mol. The zero-order valence-corrected chi connectivity index (χ0v) is 16.9. The summed E-state index contributed by atoms with van der Waals surface area (Å²) in [6, 6.07) is 12.9. The van der Waals surface area contributed by atoms with Crippen LogP contribution >= 0.6 is 11.8 Å². The first kappa shape index (κ1) is 18.4. The van der Waals surface area contributed by atoms with E-state index < -0.39 is 0 Å². The summed E-state index contributed by atoms with van der Waals surface area (Å²) in [6.07, 6.45) is 9.03. The molecular weight excluding hydrogens is 382 g/mol. The van der Waals surface area contributed by atoms with Gasteiger partial charge in [-0.15, -0.1) is 10.2 Å². The molecule has 5 rings (SSSR count). The van der Waals surface area contributed by atoms with E-state index in [2.05, 4.69) is 49.3 Å². The molecule has 0 spiro atoms. The standard InChI is InChI=1S/C22H23N5OS/c28-20(24-19-9-3-6-15-5-1-2-8-18(15)19)14-29-22-26-25-21(27(22)17-10-11-17)16-7-4-12-23-13-16/h1-2,4-5,7-8,12-13,17,19H,3,6,9-11,14H2,(H,24,28). The van der Waals surface area contributed by atoms with E-state index in [9.17, 15) is 4.79 Å². The van der Waals surface area contributed by atoms with E-state index in [1.54, 1.807) is 6.20 Å². The largest absolute Gasteiger partial charge is 0.349 e. The van der Waals surface area contributed by atoms with E-state index in [-0.39, 0.29) is 11.9 Å². The molecule has 3 aromatic rings. The number of carbonyl (C=O) groups is 1. The van der Waals surface area contributed by atoms with Crippen molar-refractivity contribution in [2.45, 2.75) is 49.3 Å². The molecule has 2 heterocycles. The molecule has 1 atom stereocenters. The highest BCUT2D eigenvalue weighted by Gasteiger charge is 2.30. The fourth-order valence-corrected chi connectivity index (χ4v) is 4.82. The van der Waals surface area contributed by atoms with Gasteiger partial charge in [-0.1, -0.05) is 36.0 Å². The lowest BCUT2D eigenvalue weighted by atomic mass is 9.88. The molecule has 1 aromatic carbocycles. The molecule has 1 saturated carbocycles. The van der Waals surface area contributed by atoms with E-state index in [4.69, 9.17) is 0 Å². The Balaban J connectivity index is 1.28. The van der Waals surface area contributed by atoms with Crippen LogP contribution in [0.15, 0.2) is 53.9 Å². The van der Waals surface area contributed by atoms with E-state index in [0.717, 1.165) is 48.6 Å². The molecule has 2 aliphatic rings. The maximum atomic E-state index is 12.7. The summed E-state index contributed by atoms with van der Waals surface area (Å²) in [6.45, 7) is 0. The Hall–Kier alpha value is -2.67. The first-order chi connectivity index (χ1) is 14.3. The van der Waals surface area contributed by atoms with Gasteiger partial charge in [0.25, 0.3) is 0 Å². The molecule has 6 nitrogen and oxygen atoms in total. The van der Waals surface area contributed by atoms with Gasteiger partial charge in [0.1, 0.15) is 0 Å². The second kappa shape index (κ2) is 7.99. The molecule has 1 N–H and O–H groups in total. The van der Waals surface area contributed by atoms with Crippen molar-refractivity contribution in [1.82, 2.24) is 25.1 Å². The second-order valence-electron chi connectivity index (χ2n) is 7.65. The average Bonchev–Trinajstić information content (AvgIpc) is 3.52. The van der Waals surface area contributed by atoms with Crippen molar-refractivity contribution in [3.8, 4) is 11.4 Å². The number of hydrogen-bond donors (Lipinski definition) is 1. The van der Waals surface area contributed by atoms with Gasteiger partial charge in [0.15, 0.2) is 11.0 Å². The molecule has 1 unspecified atom stereocenters. The number of carbonyl (C=O) groups excluding carboxylic acids is 1. The van der Waals surface area contributed by atoms with E-state index in [1.807, 2.05) is 18.3 Å². The van der Waals surface area contributed by atoms with Crippen molar-refractivity contribution in [2.24, 2.45) is 0 Å². The predicted octanol–water partition coefficient (Wildman–Crippen LogP) is 3.96. The molecule has 2 aliphatic carbocycles. The van der Waals surface area contributed by atoms with Crippen LogP contribution in [0.5, 0.6) is 0 Å². The zero-order chi connectivity index (χ0) is 19.6. The number of hydrogen-bond acceptors (Lipinski definition) is 5. The number of aromatic nitrogens is 4. The molecule has 7 heteroatoms. The molecule has 0 bridgehead atoms. The fraction of sp³-hybridized carbons (Fsp3) is 0.364. The maximum Gasteiger partial charge on any atom is 0.230 e. The molecule has 1 fully saturated rings. The maximum absolute atomic E-state index is 12.7. The highest BCUT2D eigenvalue weighted by Crippen LogP contribution is 2.41. The molecule has 0 radical (unpaired) electrons. The van der Waals surface area contributed by atoms with E-state index >= 15 is 0 Å². The van der Waals surface area contributed by atoms with Gasteiger partial charge in [0, 0.05) is 24.0 Å². The van der Waals surface area contributed by atoms with Crippen molar-refractivity contribution in [2.75, 3.05) is 5.75 Å². The van der Waals surface area contributed by atoms with Crippen LogP contribution in [-0.2, 0) is 11.2 Å². The quantitative estimate of drug-likeness (QED) is 0.629. The van der Waals surface area contributed by atoms with Crippen molar-refractivity contribution >= 4 is 17.7 Å². The number of nitrogens with one attached hydrogen (secondary N) is 1. The van der Waals surface area contributed by atoms with Gasteiger partial charge in [0.2, 0.25) is 5.91 Å². The van der Waals surface area contributed by atoms with Crippen molar-refractivity contribution in [1.29, 1.82) is 0 Å². The molecule has 1 amide bonds. The lowest BCUT2D eigenvalue weighted by Gasteiger charge is -2.26. The van der Waals surface area contributed by atoms with Crippen LogP contribution in [0.2, 0.25) is 0 Å². The molecule has 0 saturated heterocycles. The summed E-state index contributed by atoms with van der Waals surface area (Å²) in [5, 5.41) is 12.8. The van der Waals surface area contributed by atoms with Crippen molar-refractivity contribution < 1.29 is 4.79 Å². The van der Waals surface area contributed by atoms with Gasteiger partial charge >= 0.3 is 0 Å². The molecule has 148 valence electrons. The van der Waals surface area contributed by atoms with E-state index in [0.29, 0.717) is 11.8 Å². The van der Waals surface area contributed by atoms with Crippen molar-refractivity contribution in [3.05, 3.63) is 59.9 Å². The summed E-state index contributed by atoms with van der Waals surface area (Å²) in [5.74, 6) is 1.23. The number of amides is 1. The monoisotopic (exact) mass is 405 g/mol. The summed E-state index contributed by atoms with van der Waals surface area (Å²) in [4.78, 5) is 16.9. The number of thioether (sulfide) groups is 1. The van der Waals surface area contributed by atoms with Gasteiger partial charge in [-0.3, -0.25) is 14.3 Å². The predicted molar refractivity (Wildman–Crippen MR) is 113 cm³/mol. The van der Waals surface area contributed by atoms with Gasteiger partial charge in [-0.25, -0.2) is 0 Å². The SMILES string of the molecule is O=C(CSc1nnc(-c2cccnc2)n1C1CC1)NC1CCCc2ccccc21. The number of aryl methyl sites for hydroxylation is 1. The first-order valence-corrected chi connectivity index (χ1v) is 11.1. The number of benzene rings is 1. The first-order valence-electron chi connectivity index (χ1n) is 10.1. The van der Waals surface area contributed by atoms with Gasteiger partial charge in [-0.05, 0) is 55.4 Å². The number of pyridine rings is 1. The Morgan fingerprint density at radius 2 is 2.03 bits per heavy atom. The van der Waals surface area contributed by atoms with Crippen LogP contribution in [0, 0.1) is 0 Å². The Labute approximate surface area is 174 Å². The Bertz CT molecular complexity index is 1020. The number of nitrogens with zero attached hydrogens (tertiary/aromatic N) is 4. The fourth-order valence-electron chi connectivity index (χ4n) is 4.00.